The molecule has 1 fully saturated rings. The fraction of sp³-hybridized carbons (Fsp3) is 0.462. The summed E-state index contributed by atoms with van der Waals surface area (Å²) in [5.74, 6) is 0.750. The van der Waals surface area contributed by atoms with Gasteiger partial charge < -0.3 is 14.6 Å². The highest BCUT2D eigenvalue weighted by atomic mass is 16.6. The highest BCUT2D eigenvalue weighted by Gasteiger charge is 2.32. The Bertz CT molecular complexity index is 421. The van der Waals surface area contributed by atoms with Gasteiger partial charge in [0.1, 0.15) is 12.4 Å². The van der Waals surface area contributed by atoms with Crippen LogP contribution >= 0.6 is 0 Å². The number of nitrogens with zero attached hydrogens (tertiary/aromatic N) is 1. The number of methoxy groups -OCH3 is 1. The topological polar surface area (TPSA) is 59.0 Å². The van der Waals surface area contributed by atoms with Gasteiger partial charge in [0.25, 0.3) is 0 Å². The molecular weight excluding hydrogens is 234 g/mol. The smallest absolute Gasteiger partial charge is 0.410 e. The molecule has 1 amide bonds. The lowest BCUT2D eigenvalue weighted by molar-refractivity contribution is 0.154. The number of aliphatic hydroxyl groups excluding tert-OH is 1. The predicted molar refractivity (Wildman–Crippen MR) is 65.4 cm³/mol. The van der Waals surface area contributed by atoms with Crippen LogP contribution < -0.4 is 4.74 Å². The second-order valence-electron chi connectivity index (χ2n) is 4.18. The number of hydrogen-bond acceptors (Lipinski definition) is 4. The highest BCUT2D eigenvalue weighted by molar-refractivity contribution is 5.70. The Hall–Kier alpha value is -1.75. The molecule has 1 aromatic carbocycles. The molecule has 2 rings (SSSR count). The van der Waals surface area contributed by atoms with E-state index in [1.54, 1.807) is 12.0 Å². The van der Waals surface area contributed by atoms with Crippen LogP contribution in [0.3, 0.4) is 0 Å². The second kappa shape index (κ2) is 5.73. The molecule has 0 bridgehead atoms. The van der Waals surface area contributed by atoms with E-state index in [0.717, 1.165) is 11.3 Å². The summed E-state index contributed by atoms with van der Waals surface area (Å²) >= 11 is 0. The average molecular weight is 251 g/mol. The number of carbonyl (C=O) groups is 1. The summed E-state index contributed by atoms with van der Waals surface area (Å²) in [5.41, 5.74) is 0.932. The molecule has 18 heavy (non-hydrogen) atoms. The zero-order valence-electron chi connectivity index (χ0n) is 10.3. The van der Waals surface area contributed by atoms with Gasteiger partial charge in [-0.05, 0) is 12.5 Å². The maximum absolute atomic E-state index is 11.6. The van der Waals surface area contributed by atoms with Crippen molar-refractivity contribution in [1.82, 2.24) is 4.90 Å². The number of aliphatic hydroxyl groups is 1. The van der Waals surface area contributed by atoms with Crippen LogP contribution in [0.5, 0.6) is 5.75 Å². The van der Waals surface area contributed by atoms with Gasteiger partial charge in [-0.25, -0.2) is 4.79 Å². The SMILES string of the molecule is COc1ccccc1CN1C(=O)OCC1CCO. The zero-order chi connectivity index (χ0) is 13.0. The molecule has 5 heteroatoms. The molecule has 0 saturated carbocycles. The summed E-state index contributed by atoms with van der Waals surface area (Å²) in [6, 6.07) is 7.50. The van der Waals surface area contributed by atoms with Crippen LogP contribution in [0.25, 0.3) is 0 Å². The van der Waals surface area contributed by atoms with Gasteiger partial charge in [-0.3, -0.25) is 4.90 Å². The van der Waals surface area contributed by atoms with Gasteiger partial charge >= 0.3 is 6.09 Å². The first kappa shape index (κ1) is 12.7. The summed E-state index contributed by atoms with van der Waals surface area (Å²) in [5, 5.41) is 8.98. The molecular formula is C13H17NO4. The number of para-hydroxylation sites is 1. The largest absolute Gasteiger partial charge is 0.496 e. The maximum Gasteiger partial charge on any atom is 0.410 e. The Morgan fingerprint density at radius 1 is 1.50 bits per heavy atom. The Morgan fingerprint density at radius 2 is 2.28 bits per heavy atom. The molecule has 1 aliphatic heterocycles. The highest BCUT2D eigenvalue weighted by Crippen LogP contribution is 2.24. The number of benzene rings is 1. The van der Waals surface area contributed by atoms with Gasteiger partial charge in [-0.2, -0.15) is 0 Å². The van der Waals surface area contributed by atoms with E-state index in [0.29, 0.717) is 19.6 Å². The lowest BCUT2D eigenvalue weighted by Gasteiger charge is -2.21. The van der Waals surface area contributed by atoms with E-state index in [1.165, 1.54) is 0 Å². The Balaban J connectivity index is 2.13. The average Bonchev–Trinajstić information content (AvgIpc) is 2.73. The Morgan fingerprint density at radius 3 is 3.00 bits per heavy atom. The van der Waals surface area contributed by atoms with Gasteiger partial charge in [0.2, 0.25) is 0 Å². The van der Waals surface area contributed by atoms with Crippen LogP contribution in [0.1, 0.15) is 12.0 Å². The molecule has 1 saturated heterocycles. The van der Waals surface area contributed by atoms with Crippen LogP contribution in [0.4, 0.5) is 4.79 Å². The quantitative estimate of drug-likeness (QED) is 0.859. The minimum absolute atomic E-state index is 0.0454. The minimum atomic E-state index is -0.334. The van der Waals surface area contributed by atoms with Crippen molar-refractivity contribution < 1.29 is 19.4 Å². The third-order valence-electron chi connectivity index (χ3n) is 3.07. The predicted octanol–water partition coefficient (Wildman–Crippen LogP) is 1.40. The Kier molecular flexibility index (Phi) is 4.04. The molecule has 1 aliphatic rings. The van der Waals surface area contributed by atoms with E-state index in [1.807, 2.05) is 24.3 Å². The number of cyclic esters (lactones) is 1. The van der Waals surface area contributed by atoms with Crippen molar-refractivity contribution >= 4 is 6.09 Å². The van der Waals surface area contributed by atoms with Crippen molar-refractivity contribution in [3.8, 4) is 5.75 Å². The van der Waals surface area contributed by atoms with Crippen LogP contribution in [-0.4, -0.2) is 42.5 Å². The van der Waals surface area contributed by atoms with Crippen molar-refractivity contribution in [2.75, 3.05) is 20.3 Å². The van der Waals surface area contributed by atoms with Crippen molar-refractivity contribution in [1.29, 1.82) is 0 Å². The summed E-state index contributed by atoms with van der Waals surface area (Å²) in [4.78, 5) is 13.3. The Labute approximate surface area is 106 Å². The van der Waals surface area contributed by atoms with Crippen molar-refractivity contribution in [2.24, 2.45) is 0 Å². The first-order valence-corrected chi connectivity index (χ1v) is 5.92. The van der Waals surface area contributed by atoms with Crippen LogP contribution in [0.15, 0.2) is 24.3 Å². The summed E-state index contributed by atoms with van der Waals surface area (Å²) < 4.78 is 10.3. The normalized spacial score (nSPS) is 18.9. The summed E-state index contributed by atoms with van der Waals surface area (Å²) in [6.45, 7) is 0.825. The zero-order valence-corrected chi connectivity index (χ0v) is 10.3. The molecule has 1 aromatic rings. The minimum Gasteiger partial charge on any atom is -0.496 e. The van der Waals surface area contributed by atoms with Crippen LogP contribution in [0.2, 0.25) is 0 Å². The van der Waals surface area contributed by atoms with Crippen molar-refractivity contribution in [2.45, 2.75) is 19.0 Å². The molecule has 98 valence electrons. The van der Waals surface area contributed by atoms with Gasteiger partial charge in [0.05, 0.1) is 19.7 Å². The molecule has 1 atom stereocenters. The van der Waals surface area contributed by atoms with Gasteiger partial charge in [-0.15, -0.1) is 0 Å². The van der Waals surface area contributed by atoms with E-state index in [-0.39, 0.29) is 18.7 Å². The van der Waals surface area contributed by atoms with Gasteiger partial charge in [-0.1, -0.05) is 18.2 Å². The second-order valence-corrected chi connectivity index (χ2v) is 4.18. The van der Waals surface area contributed by atoms with Crippen LogP contribution in [-0.2, 0) is 11.3 Å². The molecule has 1 unspecified atom stereocenters. The van der Waals surface area contributed by atoms with Gasteiger partial charge in [0.15, 0.2) is 0 Å². The molecule has 0 aliphatic carbocycles. The maximum atomic E-state index is 11.6. The fourth-order valence-corrected chi connectivity index (χ4v) is 2.09. The van der Waals surface area contributed by atoms with E-state index in [9.17, 15) is 4.79 Å². The number of amides is 1. The molecule has 0 radical (unpaired) electrons. The van der Waals surface area contributed by atoms with E-state index >= 15 is 0 Å². The number of hydrogen-bond donors (Lipinski definition) is 1. The third kappa shape index (κ3) is 2.56. The molecule has 0 spiro atoms. The summed E-state index contributed by atoms with van der Waals surface area (Å²) in [7, 11) is 1.60. The third-order valence-corrected chi connectivity index (χ3v) is 3.07. The van der Waals surface area contributed by atoms with Gasteiger partial charge in [0, 0.05) is 12.2 Å². The number of ether oxygens (including phenoxy) is 2. The lowest BCUT2D eigenvalue weighted by Crippen LogP contribution is -2.33. The number of carbonyl (C=O) groups excluding carboxylic acids is 1. The fourth-order valence-electron chi connectivity index (χ4n) is 2.09. The standard InChI is InChI=1S/C13H17NO4/c1-17-12-5-3-2-4-10(12)8-14-11(6-7-15)9-18-13(14)16/h2-5,11,15H,6-9H2,1H3. The van der Waals surface area contributed by atoms with E-state index < -0.39 is 0 Å². The first-order valence-electron chi connectivity index (χ1n) is 5.92. The van der Waals surface area contributed by atoms with Crippen molar-refractivity contribution in [3.63, 3.8) is 0 Å². The summed E-state index contributed by atoms with van der Waals surface area (Å²) in [6.07, 6.45) is 0.195. The molecule has 5 nitrogen and oxygen atoms in total. The van der Waals surface area contributed by atoms with E-state index in [4.69, 9.17) is 14.6 Å². The monoisotopic (exact) mass is 251 g/mol. The molecule has 1 N–H and O–H groups in total. The molecule has 0 aromatic heterocycles. The first-order chi connectivity index (χ1) is 8.76. The lowest BCUT2D eigenvalue weighted by atomic mass is 10.1. The van der Waals surface area contributed by atoms with Crippen LogP contribution in [0, 0.1) is 0 Å². The number of rotatable bonds is 5. The van der Waals surface area contributed by atoms with Crippen molar-refractivity contribution in [3.05, 3.63) is 29.8 Å². The van der Waals surface area contributed by atoms with E-state index in [2.05, 4.69) is 0 Å². The molecule has 1 heterocycles.